The smallest absolute Gasteiger partial charge is 0.338 e. The highest BCUT2D eigenvalue weighted by atomic mass is 16.5. The molecular formula is C9H10O2. The Labute approximate surface area is 65.9 Å². The number of carbonyl (C=O) groups excluding carboxylic acids is 1. The van der Waals surface area contributed by atoms with E-state index in [1.165, 1.54) is 6.08 Å². The van der Waals surface area contributed by atoms with E-state index in [4.69, 9.17) is 4.74 Å². The first-order valence-corrected chi connectivity index (χ1v) is 3.45. The van der Waals surface area contributed by atoms with E-state index >= 15 is 0 Å². The van der Waals surface area contributed by atoms with Crippen LogP contribution in [0, 0.1) is 0 Å². The van der Waals surface area contributed by atoms with Gasteiger partial charge in [0.15, 0.2) is 0 Å². The molecule has 0 amide bonds. The topological polar surface area (TPSA) is 26.3 Å². The number of allylic oxidation sites excluding steroid dienone is 1. The van der Waals surface area contributed by atoms with E-state index in [1.807, 2.05) is 19.1 Å². The Hall–Kier alpha value is -1.31. The number of rotatable bonds is 2. The van der Waals surface area contributed by atoms with Crippen molar-refractivity contribution in [1.29, 1.82) is 0 Å². The van der Waals surface area contributed by atoms with Crippen LogP contribution >= 0.6 is 0 Å². The molecule has 2 heteroatoms. The van der Waals surface area contributed by atoms with E-state index in [0.717, 1.165) is 5.57 Å². The molecule has 0 saturated carbocycles. The fourth-order valence-electron chi connectivity index (χ4n) is 0.983. The lowest BCUT2D eigenvalue weighted by Gasteiger charge is -1.87. The number of carbonyl (C=O) groups is 1. The predicted molar refractivity (Wildman–Crippen MR) is 43.0 cm³/mol. The van der Waals surface area contributed by atoms with Gasteiger partial charge in [-0.05, 0) is 6.92 Å². The molecule has 1 heterocycles. The SMILES string of the molecule is C=CC1=C(/C=C\C)COC1=O. The van der Waals surface area contributed by atoms with Crippen LogP contribution in [0.4, 0.5) is 0 Å². The van der Waals surface area contributed by atoms with E-state index in [9.17, 15) is 4.79 Å². The summed E-state index contributed by atoms with van der Waals surface area (Å²) in [4.78, 5) is 10.9. The van der Waals surface area contributed by atoms with Crippen LogP contribution in [0.15, 0.2) is 36.0 Å². The van der Waals surface area contributed by atoms with Crippen molar-refractivity contribution < 1.29 is 9.53 Å². The first-order chi connectivity index (χ1) is 5.29. The summed E-state index contributed by atoms with van der Waals surface area (Å²) in [7, 11) is 0. The minimum absolute atomic E-state index is 0.270. The minimum Gasteiger partial charge on any atom is -0.457 e. The van der Waals surface area contributed by atoms with Gasteiger partial charge in [-0.1, -0.05) is 24.8 Å². The third kappa shape index (κ3) is 1.40. The lowest BCUT2D eigenvalue weighted by molar-refractivity contribution is -0.135. The van der Waals surface area contributed by atoms with Gasteiger partial charge in [-0.2, -0.15) is 0 Å². The molecule has 2 nitrogen and oxygen atoms in total. The Balaban J connectivity index is 2.97. The average Bonchev–Trinajstić information content (AvgIpc) is 2.33. The molecule has 58 valence electrons. The van der Waals surface area contributed by atoms with E-state index < -0.39 is 0 Å². The molecule has 0 N–H and O–H groups in total. The number of ether oxygens (including phenoxy) is 1. The lowest BCUT2D eigenvalue weighted by Crippen LogP contribution is -1.95. The molecular weight excluding hydrogens is 140 g/mol. The normalized spacial score (nSPS) is 17.7. The van der Waals surface area contributed by atoms with E-state index in [2.05, 4.69) is 6.58 Å². The third-order valence-electron chi connectivity index (χ3n) is 1.50. The molecule has 11 heavy (non-hydrogen) atoms. The molecule has 0 aromatic heterocycles. The van der Waals surface area contributed by atoms with Crippen LogP contribution < -0.4 is 0 Å². The van der Waals surface area contributed by atoms with Gasteiger partial charge in [0.05, 0.1) is 5.57 Å². The van der Waals surface area contributed by atoms with Gasteiger partial charge in [0.1, 0.15) is 6.61 Å². The van der Waals surface area contributed by atoms with Crippen LogP contribution in [0.2, 0.25) is 0 Å². The van der Waals surface area contributed by atoms with E-state index in [1.54, 1.807) is 0 Å². The van der Waals surface area contributed by atoms with Crippen molar-refractivity contribution in [3.8, 4) is 0 Å². The molecule has 0 saturated heterocycles. The standard InChI is InChI=1S/C9H10O2/c1-3-5-7-6-11-9(10)8(7)4-2/h3-5H,2,6H2,1H3/b5-3-. The molecule has 1 rings (SSSR count). The zero-order valence-corrected chi connectivity index (χ0v) is 6.46. The van der Waals surface area contributed by atoms with Crippen molar-refractivity contribution in [2.24, 2.45) is 0 Å². The molecule has 0 unspecified atom stereocenters. The molecule has 0 fully saturated rings. The molecule has 0 aromatic rings. The molecule has 1 aliphatic rings. The van der Waals surface area contributed by atoms with Crippen LogP contribution in [-0.2, 0) is 9.53 Å². The highest BCUT2D eigenvalue weighted by Crippen LogP contribution is 2.17. The van der Waals surface area contributed by atoms with Gasteiger partial charge in [-0.15, -0.1) is 0 Å². The Kier molecular flexibility index (Phi) is 2.26. The zero-order valence-electron chi connectivity index (χ0n) is 6.46. The lowest BCUT2D eigenvalue weighted by atomic mass is 10.1. The molecule has 0 bridgehead atoms. The Morgan fingerprint density at radius 2 is 2.36 bits per heavy atom. The molecule has 0 radical (unpaired) electrons. The monoisotopic (exact) mass is 150 g/mol. The third-order valence-corrected chi connectivity index (χ3v) is 1.50. The Morgan fingerprint density at radius 3 is 2.91 bits per heavy atom. The van der Waals surface area contributed by atoms with Crippen molar-refractivity contribution in [3.05, 3.63) is 36.0 Å². The van der Waals surface area contributed by atoms with Crippen molar-refractivity contribution in [3.63, 3.8) is 0 Å². The van der Waals surface area contributed by atoms with Gasteiger partial charge in [0, 0.05) is 5.57 Å². The average molecular weight is 150 g/mol. The maximum absolute atomic E-state index is 10.9. The molecule has 0 aliphatic carbocycles. The molecule has 1 aliphatic heterocycles. The Bertz CT molecular complexity index is 246. The molecule has 0 spiro atoms. The summed E-state index contributed by atoms with van der Waals surface area (Å²) in [5.41, 5.74) is 1.50. The second kappa shape index (κ2) is 3.19. The fourth-order valence-corrected chi connectivity index (χ4v) is 0.983. The summed E-state index contributed by atoms with van der Waals surface area (Å²) in [5, 5.41) is 0. The maximum Gasteiger partial charge on any atom is 0.338 e. The molecule has 0 atom stereocenters. The van der Waals surface area contributed by atoms with Gasteiger partial charge in [-0.25, -0.2) is 4.79 Å². The van der Waals surface area contributed by atoms with Gasteiger partial charge in [0.2, 0.25) is 0 Å². The highest BCUT2D eigenvalue weighted by molar-refractivity contribution is 5.95. The van der Waals surface area contributed by atoms with Crippen LogP contribution in [-0.4, -0.2) is 12.6 Å². The number of hydrogen-bond acceptors (Lipinski definition) is 2. The predicted octanol–water partition coefficient (Wildman–Crippen LogP) is 1.60. The summed E-state index contributed by atoms with van der Waals surface area (Å²) in [5.74, 6) is -0.270. The second-order valence-corrected chi connectivity index (χ2v) is 2.22. The summed E-state index contributed by atoms with van der Waals surface area (Å²) in [6.45, 7) is 5.81. The second-order valence-electron chi connectivity index (χ2n) is 2.22. The van der Waals surface area contributed by atoms with Crippen molar-refractivity contribution >= 4 is 5.97 Å². The summed E-state index contributed by atoms with van der Waals surface area (Å²) in [6.07, 6.45) is 5.27. The molecule has 0 aromatic carbocycles. The first-order valence-electron chi connectivity index (χ1n) is 3.45. The van der Waals surface area contributed by atoms with Gasteiger partial charge in [-0.3, -0.25) is 0 Å². The van der Waals surface area contributed by atoms with Crippen LogP contribution in [0.5, 0.6) is 0 Å². The first kappa shape index (κ1) is 7.79. The fraction of sp³-hybridized carbons (Fsp3) is 0.222. The maximum atomic E-state index is 10.9. The van der Waals surface area contributed by atoms with Crippen LogP contribution in [0.25, 0.3) is 0 Å². The van der Waals surface area contributed by atoms with Crippen LogP contribution in [0.3, 0.4) is 0 Å². The number of hydrogen-bond donors (Lipinski definition) is 0. The van der Waals surface area contributed by atoms with E-state index in [-0.39, 0.29) is 5.97 Å². The number of esters is 1. The van der Waals surface area contributed by atoms with Crippen molar-refractivity contribution in [1.82, 2.24) is 0 Å². The minimum atomic E-state index is -0.270. The summed E-state index contributed by atoms with van der Waals surface area (Å²) < 4.78 is 4.79. The van der Waals surface area contributed by atoms with E-state index in [0.29, 0.717) is 12.2 Å². The van der Waals surface area contributed by atoms with Crippen LogP contribution in [0.1, 0.15) is 6.92 Å². The summed E-state index contributed by atoms with van der Waals surface area (Å²) >= 11 is 0. The highest BCUT2D eigenvalue weighted by Gasteiger charge is 2.19. The van der Waals surface area contributed by atoms with Gasteiger partial charge in [0.25, 0.3) is 0 Å². The van der Waals surface area contributed by atoms with Crippen molar-refractivity contribution in [2.75, 3.05) is 6.61 Å². The Morgan fingerprint density at radius 1 is 1.64 bits per heavy atom. The zero-order chi connectivity index (χ0) is 8.27. The summed E-state index contributed by atoms with van der Waals surface area (Å²) in [6, 6.07) is 0. The quantitative estimate of drug-likeness (QED) is 0.559. The number of cyclic esters (lactones) is 1. The van der Waals surface area contributed by atoms with Crippen molar-refractivity contribution in [2.45, 2.75) is 6.92 Å². The van der Waals surface area contributed by atoms with Gasteiger partial charge < -0.3 is 4.74 Å². The van der Waals surface area contributed by atoms with Gasteiger partial charge >= 0.3 is 5.97 Å². The largest absolute Gasteiger partial charge is 0.457 e.